The first-order valence-electron chi connectivity index (χ1n) is 10.2. The Morgan fingerprint density at radius 1 is 1.33 bits per heavy atom. The van der Waals surface area contributed by atoms with Gasteiger partial charge in [-0.25, -0.2) is 0 Å². The highest BCUT2D eigenvalue weighted by molar-refractivity contribution is 5.93. The van der Waals surface area contributed by atoms with Crippen LogP contribution in [0.4, 0.5) is 0 Å². The van der Waals surface area contributed by atoms with E-state index in [0.717, 1.165) is 16.8 Å². The molecular formula is C23H25N3O4. The Morgan fingerprint density at radius 2 is 2.17 bits per heavy atom. The summed E-state index contributed by atoms with van der Waals surface area (Å²) >= 11 is 0. The number of nitrogens with zero attached hydrogens (tertiary/aromatic N) is 3. The Labute approximate surface area is 175 Å². The molecule has 0 unspecified atom stereocenters. The monoisotopic (exact) mass is 407 g/mol. The largest absolute Gasteiger partial charge is 0.360 e. The molecular weight excluding hydrogens is 382 g/mol. The second-order valence-corrected chi connectivity index (χ2v) is 8.71. The van der Waals surface area contributed by atoms with Gasteiger partial charge in [0, 0.05) is 19.7 Å². The van der Waals surface area contributed by atoms with Crippen molar-refractivity contribution in [2.24, 2.45) is 11.8 Å². The van der Waals surface area contributed by atoms with Crippen molar-refractivity contribution in [1.82, 2.24) is 15.0 Å². The molecule has 1 aromatic carbocycles. The minimum absolute atomic E-state index is 0.00869. The molecule has 3 aliphatic rings. The van der Waals surface area contributed by atoms with Crippen molar-refractivity contribution in [3.05, 3.63) is 65.1 Å². The van der Waals surface area contributed by atoms with Gasteiger partial charge in [0.2, 0.25) is 11.8 Å². The van der Waals surface area contributed by atoms with Crippen molar-refractivity contribution in [1.29, 1.82) is 0 Å². The van der Waals surface area contributed by atoms with Crippen LogP contribution >= 0.6 is 0 Å². The van der Waals surface area contributed by atoms with Crippen LogP contribution in [0.3, 0.4) is 0 Å². The van der Waals surface area contributed by atoms with Gasteiger partial charge in [0.25, 0.3) is 0 Å². The second kappa shape index (κ2) is 6.80. The maximum Gasteiger partial charge on any atom is 0.230 e. The third kappa shape index (κ3) is 2.96. The predicted molar refractivity (Wildman–Crippen MR) is 108 cm³/mol. The summed E-state index contributed by atoms with van der Waals surface area (Å²) < 4.78 is 11.5. The lowest BCUT2D eigenvalue weighted by Gasteiger charge is -2.27. The summed E-state index contributed by atoms with van der Waals surface area (Å²) in [6.07, 6.45) is 3.57. The predicted octanol–water partition coefficient (Wildman–Crippen LogP) is 2.23. The van der Waals surface area contributed by atoms with Gasteiger partial charge >= 0.3 is 0 Å². The van der Waals surface area contributed by atoms with Gasteiger partial charge in [-0.2, -0.15) is 0 Å². The van der Waals surface area contributed by atoms with E-state index in [1.807, 2.05) is 55.2 Å². The van der Waals surface area contributed by atoms with E-state index >= 15 is 0 Å². The minimum Gasteiger partial charge on any atom is -0.360 e. The molecule has 2 saturated heterocycles. The molecule has 1 aromatic heterocycles. The molecule has 2 bridgehead atoms. The first kappa shape index (κ1) is 19.1. The maximum absolute atomic E-state index is 13.4. The lowest BCUT2D eigenvalue weighted by atomic mass is 9.76. The SMILES string of the molecule is Cc1cccc(CN2C[C@]34C=C[C@H](O3)[C@H](C(=O)N(C)Cc3cc(C)no3)[C@@H]4C2=O)c1. The Kier molecular flexibility index (Phi) is 4.32. The number of hydrogen-bond acceptors (Lipinski definition) is 5. The number of aromatic nitrogens is 1. The fourth-order valence-electron chi connectivity index (χ4n) is 5.08. The standard InChI is InChI=1S/C23H25N3O4/c1-14-5-4-6-16(9-14)11-26-13-23-8-7-18(29-23)19(20(23)22(26)28)21(27)25(3)12-17-10-15(2)24-30-17/h4-10,18-20H,11-13H2,1-3H3/t18-,19-,20+,23-/m0/s1. The number of carbonyl (C=O) groups excluding carboxylic acids is 2. The summed E-state index contributed by atoms with van der Waals surface area (Å²) in [5.41, 5.74) is 2.31. The van der Waals surface area contributed by atoms with Gasteiger partial charge in [-0.1, -0.05) is 47.1 Å². The van der Waals surface area contributed by atoms with Gasteiger partial charge in [0.05, 0.1) is 36.7 Å². The zero-order valence-electron chi connectivity index (χ0n) is 17.4. The average molecular weight is 407 g/mol. The molecule has 0 N–H and O–H groups in total. The number of hydrogen-bond donors (Lipinski definition) is 0. The highest BCUT2D eigenvalue weighted by Gasteiger charge is 2.67. The van der Waals surface area contributed by atoms with Crippen LogP contribution in [0.25, 0.3) is 0 Å². The van der Waals surface area contributed by atoms with E-state index in [0.29, 0.717) is 25.4 Å². The van der Waals surface area contributed by atoms with Crippen LogP contribution in [0.5, 0.6) is 0 Å². The zero-order valence-corrected chi connectivity index (χ0v) is 17.4. The van der Waals surface area contributed by atoms with Crippen LogP contribution in [0, 0.1) is 25.7 Å². The lowest BCUT2D eigenvalue weighted by Crippen LogP contribution is -2.44. The summed E-state index contributed by atoms with van der Waals surface area (Å²) in [5, 5.41) is 3.88. The van der Waals surface area contributed by atoms with E-state index in [-0.39, 0.29) is 17.9 Å². The van der Waals surface area contributed by atoms with Crippen molar-refractivity contribution in [3.8, 4) is 0 Å². The molecule has 1 spiro atoms. The number of ether oxygens (including phenoxy) is 1. The molecule has 5 rings (SSSR count). The Morgan fingerprint density at radius 3 is 2.90 bits per heavy atom. The van der Waals surface area contributed by atoms with E-state index in [4.69, 9.17) is 9.26 Å². The third-order valence-corrected chi connectivity index (χ3v) is 6.37. The van der Waals surface area contributed by atoms with Crippen LogP contribution in [0.1, 0.15) is 22.6 Å². The number of rotatable bonds is 5. The quantitative estimate of drug-likeness (QED) is 0.711. The molecule has 0 aliphatic carbocycles. The minimum atomic E-state index is -0.699. The first-order chi connectivity index (χ1) is 14.4. The molecule has 4 atom stereocenters. The summed E-state index contributed by atoms with van der Waals surface area (Å²) in [5.74, 6) is -0.485. The number of benzene rings is 1. The van der Waals surface area contributed by atoms with E-state index < -0.39 is 17.4 Å². The van der Waals surface area contributed by atoms with Gasteiger partial charge in [-0.3, -0.25) is 9.59 Å². The third-order valence-electron chi connectivity index (χ3n) is 6.37. The number of aryl methyl sites for hydroxylation is 2. The lowest BCUT2D eigenvalue weighted by molar-refractivity contribution is -0.143. The van der Waals surface area contributed by atoms with Crippen molar-refractivity contribution in [2.75, 3.05) is 13.6 Å². The second-order valence-electron chi connectivity index (χ2n) is 8.71. The van der Waals surface area contributed by atoms with E-state index in [1.165, 1.54) is 0 Å². The van der Waals surface area contributed by atoms with Gasteiger partial charge in [-0.15, -0.1) is 0 Å². The molecule has 7 heteroatoms. The molecule has 30 heavy (non-hydrogen) atoms. The smallest absolute Gasteiger partial charge is 0.230 e. The molecule has 0 radical (unpaired) electrons. The van der Waals surface area contributed by atoms with Crippen molar-refractivity contribution >= 4 is 11.8 Å². The van der Waals surface area contributed by atoms with E-state index in [2.05, 4.69) is 11.2 Å². The Bertz CT molecular complexity index is 1040. The van der Waals surface area contributed by atoms with Gasteiger partial charge in [0.15, 0.2) is 5.76 Å². The highest BCUT2D eigenvalue weighted by Crippen LogP contribution is 2.52. The van der Waals surface area contributed by atoms with Gasteiger partial charge in [-0.05, 0) is 19.4 Å². The topological polar surface area (TPSA) is 75.9 Å². The fraction of sp³-hybridized carbons (Fsp3) is 0.435. The van der Waals surface area contributed by atoms with Gasteiger partial charge in [0.1, 0.15) is 5.60 Å². The summed E-state index contributed by atoms with van der Waals surface area (Å²) in [6.45, 7) is 5.19. The average Bonchev–Trinajstić information content (AvgIpc) is 3.44. The summed E-state index contributed by atoms with van der Waals surface area (Å²) in [4.78, 5) is 30.1. The highest BCUT2D eigenvalue weighted by atomic mass is 16.5. The molecule has 2 fully saturated rings. The summed E-state index contributed by atoms with van der Waals surface area (Å²) in [7, 11) is 1.73. The van der Waals surface area contributed by atoms with Crippen molar-refractivity contribution in [3.63, 3.8) is 0 Å². The van der Waals surface area contributed by atoms with E-state index in [1.54, 1.807) is 11.9 Å². The van der Waals surface area contributed by atoms with E-state index in [9.17, 15) is 9.59 Å². The number of carbonyl (C=O) groups is 2. The van der Waals surface area contributed by atoms with Crippen LogP contribution in [0.2, 0.25) is 0 Å². The van der Waals surface area contributed by atoms with Crippen LogP contribution in [-0.4, -0.2) is 52.1 Å². The van der Waals surface area contributed by atoms with Gasteiger partial charge < -0.3 is 19.1 Å². The van der Waals surface area contributed by atoms with Crippen molar-refractivity contribution < 1.29 is 18.8 Å². The van der Waals surface area contributed by atoms with Crippen molar-refractivity contribution in [2.45, 2.75) is 38.6 Å². The molecule has 0 saturated carbocycles. The normalized spacial score (nSPS) is 29.0. The fourth-order valence-corrected chi connectivity index (χ4v) is 5.08. The molecule has 3 aliphatic heterocycles. The van der Waals surface area contributed by atoms with Crippen LogP contribution in [-0.2, 0) is 27.4 Å². The molecule has 7 nitrogen and oxygen atoms in total. The number of likely N-dealkylation sites (tertiary alicyclic amines) is 1. The van der Waals surface area contributed by atoms with Crippen LogP contribution in [0.15, 0.2) is 47.0 Å². The Hall–Kier alpha value is -2.93. The zero-order chi connectivity index (χ0) is 21.0. The summed E-state index contributed by atoms with van der Waals surface area (Å²) in [6, 6.07) is 9.96. The van der Waals surface area contributed by atoms with Crippen LogP contribution < -0.4 is 0 Å². The Balaban J connectivity index is 1.36. The molecule has 2 amide bonds. The molecule has 156 valence electrons. The molecule has 4 heterocycles. The maximum atomic E-state index is 13.4. The number of fused-ring (bicyclic) bond motifs is 1. The number of amides is 2. The molecule has 2 aromatic rings. The first-order valence-corrected chi connectivity index (χ1v) is 10.2.